The highest BCUT2D eigenvalue weighted by Crippen LogP contribution is 2.26. The summed E-state index contributed by atoms with van der Waals surface area (Å²) in [5.41, 5.74) is 0. The van der Waals surface area contributed by atoms with Gasteiger partial charge in [0.05, 0.1) is 11.2 Å². The number of hydrogen-bond donors (Lipinski definition) is 1. The lowest BCUT2D eigenvalue weighted by molar-refractivity contribution is 1.09. The van der Waals surface area contributed by atoms with Gasteiger partial charge in [-0.3, -0.25) is 0 Å². The van der Waals surface area contributed by atoms with Crippen LogP contribution in [0.4, 0.5) is 5.00 Å². The zero-order valence-corrected chi connectivity index (χ0v) is 6.85. The van der Waals surface area contributed by atoms with E-state index < -0.39 is 0 Å². The third-order valence-electron chi connectivity index (χ3n) is 1.46. The van der Waals surface area contributed by atoms with Crippen molar-refractivity contribution in [1.29, 1.82) is 0 Å². The van der Waals surface area contributed by atoms with Gasteiger partial charge in [-0.05, 0) is 12.1 Å². The molecule has 0 aliphatic rings. The van der Waals surface area contributed by atoms with Crippen LogP contribution in [0.1, 0.15) is 0 Å². The van der Waals surface area contributed by atoms with Gasteiger partial charge in [0.2, 0.25) is 0 Å². The van der Waals surface area contributed by atoms with E-state index in [9.17, 15) is 0 Å². The smallest absolute Gasteiger partial charge is 0.148 e. The molecule has 3 nitrogen and oxygen atoms in total. The minimum absolute atomic E-state index is 0.983. The van der Waals surface area contributed by atoms with Gasteiger partial charge >= 0.3 is 0 Å². The topological polar surface area (TPSA) is 37.8 Å². The molecule has 0 unspecified atom stereocenters. The summed E-state index contributed by atoms with van der Waals surface area (Å²) in [6, 6.07) is 4.02. The molecule has 0 aromatic carbocycles. The van der Waals surface area contributed by atoms with E-state index in [-0.39, 0.29) is 0 Å². The summed E-state index contributed by atoms with van der Waals surface area (Å²) in [5.74, 6) is 0. The van der Waals surface area contributed by atoms with Gasteiger partial charge in [0, 0.05) is 12.4 Å². The fraction of sp³-hybridized carbons (Fsp3) is 0.143. The van der Waals surface area contributed by atoms with E-state index in [2.05, 4.69) is 21.6 Å². The molecule has 0 aliphatic heterocycles. The van der Waals surface area contributed by atoms with E-state index in [0.717, 1.165) is 15.2 Å². The molecule has 0 amide bonds. The van der Waals surface area contributed by atoms with E-state index in [0.29, 0.717) is 0 Å². The fourth-order valence-electron chi connectivity index (χ4n) is 0.916. The van der Waals surface area contributed by atoms with E-state index in [4.69, 9.17) is 0 Å². The Bertz CT molecular complexity index is 335. The zero-order chi connectivity index (χ0) is 7.68. The van der Waals surface area contributed by atoms with Crippen molar-refractivity contribution in [2.75, 3.05) is 12.4 Å². The third-order valence-corrected chi connectivity index (χ3v) is 2.51. The van der Waals surface area contributed by atoms with Crippen LogP contribution < -0.4 is 5.32 Å². The second-order valence-corrected chi connectivity index (χ2v) is 3.18. The number of hydrogen-bond acceptors (Lipinski definition) is 4. The monoisotopic (exact) mass is 165 g/mol. The summed E-state index contributed by atoms with van der Waals surface area (Å²) in [5, 5.41) is 13.1. The van der Waals surface area contributed by atoms with Gasteiger partial charge < -0.3 is 5.32 Å². The number of nitrogens with zero attached hydrogens (tertiary/aromatic N) is 2. The molecular weight excluding hydrogens is 158 g/mol. The van der Waals surface area contributed by atoms with Crippen LogP contribution in [-0.2, 0) is 0 Å². The SMILES string of the molecule is CNc1cc2ccnnc2s1. The van der Waals surface area contributed by atoms with Gasteiger partial charge in [-0.15, -0.1) is 5.10 Å². The number of fused-ring (bicyclic) bond motifs is 1. The standard InChI is InChI=1S/C7H7N3S/c1-8-6-4-5-2-3-9-10-7(5)11-6/h2-4,8H,1H3. The molecule has 1 N–H and O–H groups in total. The average molecular weight is 165 g/mol. The molecule has 4 heteroatoms. The molecule has 2 aromatic rings. The Balaban J connectivity index is 2.69. The molecule has 0 spiro atoms. The summed E-state index contributed by atoms with van der Waals surface area (Å²) in [6.07, 6.45) is 1.70. The van der Waals surface area contributed by atoms with Crippen molar-refractivity contribution in [1.82, 2.24) is 10.2 Å². The Morgan fingerprint density at radius 3 is 3.18 bits per heavy atom. The molecule has 11 heavy (non-hydrogen) atoms. The fourth-order valence-corrected chi connectivity index (χ4v) is 1.74. The lowest BCUT2D eigenvalue weighted by atomic mass is 10.4. The Hall–Kier alpha value is -1.16. The second kappa shape index (κ2) is 2.47. The van der Waals surface area contributed by atoms with Crippen molar-refractivity contribution < 1.29 is 0 Å². The second-order valence-electron chi connectivity index (χ2n) is 2.15. The van der Waals surface area contributed by atoms with Crippen LogP contribution in [0.2, 0.25) is 0 Å². The quantitative estimate of drug-likeness (QED) is 0.699. The molecule has 0 fully saturated rings. The number of thiophene rings is 1. The Morgan fingerprint density at radius 1 is 1.55 bits per heavy atom. The summed E-state index contributed by atoms with van der Waals surface area (Å²) in [4.78, 5) is 0.983. The highest BCUT2D eigenvalue weighted by Gasteiger charge is 1.98. The molecule has 0 saturated heterocycles. The molecule has 0 atom stereocenters. The molecule has 2 rings (SSSR count). The van der Waals surface area contributed by atoms with Gasteiger partial charge in [0.15, 0.2) is 0 Å². The maximum Gasteiger partial charge on any atom is 0.148 e. The highest BCUT2D eigenvalue weighted by molar-refractivity contribution is 7.22. The zero-order valence-electron chi connectivity index (χ0n) is 6.03. The van der Waals surface area contributed by atoms with Crippen molar-refractivity contribution in [2.45, 2.75) is 0 Å². The third kappa shape index (κ3) is 1.05. The predicted octanol–water partition coefficient (Wildman–Crippen LogP) is 1.73. The molecule has 56 valence electrons. The van der Waals surface area contributed by atoms with Gasteiger partial charge in [0.25, 0.3) is 0 Å². The van der Waals surface area contributed by atoms with Crippen molar-refractivity contribution in [3.63, 3.8) is 0 Å². The molecule has 2 heterocycles. The summed E-state index contributed by atoms with van der Waals surface area (Å²) in [6.45, 7) is 0. The van der Waals surface area contributed by atoms with Gasteiger partial charge in [-0.1, -0.05) is 11.3 Å². The van der Waals surface area contributed by atoms with Crippen LogP contribution in [-0.4, -0.2) is 17.2 Å². The molecule has 0 radical (unpaired) electrons. The Morgan fingerprint density at radius 2 is 2.45 bits per heavy atom. The van der Waals surface area contributed by atoms with Crippen molar-refractivity contribution in [3.8, 4) is 0 Å². The number of nitrogens with one attached hydrogen (secondary N) is 1. The maximum atomic E-state index is 3.98. The summed E-state index contributed by atoms with van der Waals surface area (Å²) >= 11 is 1.61. The number of rotatable bonds is 1. The highest BCUT2D eigenvalue weighted by atomic mass is 32.1. The molecule has 2 aromatic heterocycles. The van der Waals surface area contributed by atoms with Crippen LogP contribution in [0, 0.1) is 0 Å². The van der Waals surface area contributed by atoms with Crippen LogP contribution in [0.25, 0.3) is 10.2 Å². The first kappa shape index (κ1) is 6.54. The lowest BCUT2D eigenvalue weighted by Gasteiger charge is -1.86. The lowest BCUT2D eigenvalue weighted by Crippen LogP contribution is -1.79. The maximum absolute atomic E-state index is 3.98. The van der Waals surface area contributed by atoms with Crippen molar-refractivity contribution in [2.24, 2.45) is 0 Å². The summed E-state index contributed by atoms with van der Waals surface area (Å²) in [7, 11) is 1.90. The molecule has 0 saturated carbocycles. The molecule has 0 aliphatic carbocycles. The first-order valence-electron chi connectivity index (χ1n) is 3.29. The van der Waals surface area contributed by atoms with Crippen LogP contribution in [0.15, 0.2) is 18.3 Å². The van der Waals surface area contributed by atoms with Crippen LogP contribution in [0.5, 0.6) is 0 Å². The molecular formula is C7H7N3S. The van der Waals surface area contributed by atoms with Crippen LogP contribution in [0.3, 0.4) is 0 Å². The van der Waals surface area contributed by atoms with E-state index >= 15 is 0 Å². The minimum Gasteiger partial charge on any atom is -0.380 e. The molecule has 0 bridgehead atoms. The Kier molecular flexibility index (Phi) is 1.47. The van der Waals surface area contributed by atoms with Gasteiger partial charge in [0.1, 0.15) is 4.83 Å². The van der Waals surface area contributed by atoms with Crippen molar-refractivity contribution >= 4 is 26.6 Å². The Labute approximate surface area is 68.1 Å². The number of anilines is 1. The summed E-state index contributed by atoms with van der Waals surface area (Å²) < 4.78 is 0. The first-order valence-corrected chi connectivity index (χ1v) is 4.11. The van der Waals surface area contributed by atoms with E-state index in [1.54, 1.807) is 17.5 Å². The normalized spacial score (nSPS) is 10.3. The minimum atomic E-state index is 0.983. The van der Waals surface area contributed by atoms with Crippen LogP contribution >= 0.6 is 11.3 Å². The largest absolute Gasteiger partial charge is 0.380 e. The number of aromatic nitrogens is 2. The predicted molar refractivity (Wildman–Crippen MR) is 47.0 cm³/mol. The first-order chi connectivity index (χ1) is 5.40. The van der Waals surface area contributed by atoms with Gasteiger partial charge in [-0.2, -0.15) is 5.10 Å². The van der Waals surface area contributed by atoms with Crippen molar-refractivity contribution in [3.05, 3.63) is 18.3 Å². The average Bonchev–Trinajstić information content (AvgIpc) is 2.46. The van der Waals surface area contributed by atoms with E-state index in [1.165, 1.54) is 0 Å². The van der Waals surface area contributed by atoms with Gasteiger partial charge in [-0.25, -0.2) is 0 Å². The van der Waals surface area contributed by atoms with E-state index in [1.807, 2.05) is 13.1 Å².